The van der Waals surface area contributed by atoms with Crippen LogP contribution in [0.5, 0.6) is 0 Å². The highest BCUT2D eigenvalue weighted by Gasteiger charge is 2.31. The molecule has 2 fully saturated rings. The summed E-state index contributed by atoms with van der Waals surface area (Å²) in [5, 5.41) is 3.54. The first-order valence-corrected chi connectivity index (χ1v) is 11.7. The van der Waals surface area contributed by atoms with E-state index in [1.165, 1.54) is 29.3 Å². The summed E-state index contributed by atoms with van der Waals surface area (Å²) in [7, 11) is -3.62. The Labute approximate surface area is 172 Å². The number of amides is 1. The zero-order chi connectivity index (χ0) is 20.1. The molecule has 0 aromatic heterocycles. The number of carbonyl (C=O) groups excluding carboxylic acids is 1. The van der Waals surface area contributed by atoms with Crippen LogP contribution in [0.3, 0.4) is 0 Å². The maximum atomic E-state index is 13.0. The molecular formula is C19H28N4O3S2. The van der Waals surface area contributed by atoms with Gasteiger partial charge >= 0.3 is 0 Å². The molecule has 7 nitrogen and oxygen atoms in total. The summed E-state index contributed by atoms with van der Waals surface area (Å²) in [6, 6.07) is 6.44. The van der Waals surface area contributed by atoms with Crippen LogP contribution in [0, 0.1) is 0 Å². The molecule has 1 aromatic rings. The van der Waals surface area contributed by atoms with Crippen molar-refractivity contribution in [2.24, 2.45) is 0 Å². The number of nitrogens with one attached hydrogen (secondary N) is 3. The molecule has 0 bridgehead atoms. The molecule has 1 aliphatic carbocycles. The molecule has 28 heavy (non-hydrogen) atoms. The molecule has 0 spiro atoms. The first-order valence-electron chi connectivity index (χ1n) is 9.86. The summed E-state index contributed by atoms with van der Waals surface area (Å²) in [5.74, 6) is -0.431. The zero-order valence-corrected chi connectivity index (χ0v) is 17.7. The highest BCUT2D eigenvalue weighted by Crippen LogP contribution is 2.25. The largest absolute Gasteiger partial charge is 0.359 e. The van der Waals surface area contributed by atoms with Gasteiger partial charge in [-0.3, -0.25) is 15.6 Å². The Morgan fingerprint density at radius 3 is 2.54 bits per heavy atom. The van der Waals surface area contributed by atoms with Crippen LogP contribution in [-0.2, 0) is 10.0 Å². The predicted octanol–water partition coefficient (Wildman–Crippen LogP) is 2.30. The van der Waals surface area contributed by atoms with Crippen LogP contribution < -0.4 is 16.2 Å². The van der Waals surface area contributed by atoms with Crippen molar-refractivity contribution < 1.29 is 13.2 Å². The van der Waals surface area contributed by atoms with Crippen molar-refractivity contribution in [3.63, 3.8) is 0 Å². The van der Waals surface area contributed by atoms with Gasteiger partial charge in [-0.1, -0.05) is 25.3 Å². The summed E-state index contributed by atoms with van der Waals surface area (Å²) in [4.78, 5) is 12.6. The quantitative estimate of drug-likeness (QED) is 0.508. The lowest BCUT2D eigenvalue weighted by Gasteiger charge is -2.32. The van der Waals surface area contributed by atoms with Crippen LogP contribution in [0.4, 0.5) is 0 Å². The van der Waals surface area contributed by atoms with E-state index >= 15 is 0 Å². The monoisotopic (exact) mass is 424 g/mol. The van der Waals surface area contributed by atoms with Crippen molar-refractivity contribution in [2.45, 2.75) is 68.8 Å². The molecule has 3 N–H and O–H groups in total. The van der Waals surface area contributed by atoms with E-state index in [2.05, 4.69) is 16.2 Å². The van der Waals surface area contributed by atoms with Crippen molar-refractivity contribution >= 4 is 33.3 Å². The Morgan fingerprint density at radius 2 is 1.82 bits per heavy atom. The molecule has 0 radical (unpaired) electrons. The molecule has 1 heterocycles. The van der Waals surface area contributed by atoms with Gasteiger partial charge in [-0.05, 0) is 63.0 Å². The summed E-state index contributed by atoms with van der Waals surface area (Å²) < 4.78 is 27.5. The number of thiocarbonyl (C=S) groups is 1. The third kappa shape index (κ3) is 5.01. The van der Waals surface area contributed by atoms with Crippen molar-refractivity contribution in [2.75, 3.05) is 6.54 Å². The number of hydrazine groups is 1. The maximum absolute atomic E-state index is 13.0. The molecule has 1 saturated carbocycles. The van der Waals surface area contributed by atoms with Crippen molar-refractivity contribution in [1.29, 1.82) is 0 Å². The van der Waals surface area contributed by atoms with E-state index in [0.717, 1.165) is 32.1 Å². The lowest BCUT2D eigenvalue weighted by molar-refractivity contribution is 0.0943. The lowest BCUT2D eigenvalue weighted by atomic mass is 10.1. The van der Waals surface area contributed by atoms with E-state index in [4.69, 9.17) is 12.2 Å². The number of nitrogens with zero attached hydrogens (tertiary/aromatic N) is 1. The van der Waals surface area contributed by atoms with Gasteiger partial charge in [0.2, 0.25) is 10.0 Å². The summed E-state index contributed by atoms with van der Waals surface area (Å²) in [5.41, 5.74) is 5.50. The fourth-order valence-electron chi connectivity index (χ4n) is 3.84. The molecule has 1 saturated heterocycles. The minimum Gasteiger partial charge on any atom is -0.359 e. The highest BCUT2D eigenvalue weighted by atomic mass is 32.2. The molecule has 1 atom stereocenters. The van der Waals surface area contributed by atoms with Crippen LogP contribution in [0.1, 0.15) is 62.2 Å². The number of rotatable bonds is 4. The van der Waals surface area contributed by atoms with Gasteiger partial charge in [-0.25, -0.2) is 8.42 Å². The molecule has 154 valence electrons. The molecular weight excluding hydrogens is 396 g/mol. The van der Waals surface area contributed by atoms with Gasteiger partial charge in [0.15, 0.2) is 5.11 Å². The van der Waals surface area contributed by atoms with E-state index in [1.54, 1.807) is 12.1 Å². The minimum absolute atomic E-state index is 0.0306. The third-order valence-electron chi connectivity index (χ3n) is 5.42. The number of carbonyl (C=O) groups is 1. The van der Waals surface area contributed by atoms with E-state index in [0.29, 0.717) is 17.7 Å². The maximum Gasteiger partial charge on any atom is 0.269 e. The second-order valence-corrected chi connectivity index (χ2v) is 9.82. The Hall–Kier alpha value is -1.71. The zero-order valence-electron chi connectivity index (χ0n) is 16.1. The second-order valence-electron chi connectivity index (χ2n) is 7.52. The second kappa shape index (κ2) is 9.19. The van der Waals surface area contributed by atoms with Gasteiger partial charge in [0.1, 0.15) is 0 Å². The molecule has 1 aliphatic heterocycles. The predicted molar refractivity (Wildman–Crippen MR) is 112 cm³/mol. The summed E-state index contributed by atoms with van der Waals surface area (Å²) in [6.45, 7) is 2.44. The number of hydrogen-bond donors (Lipinski definition) is 3. The van der Waals surface area contributed by atoms with Crippen LogP contribution in [-0.4, -0.2) is 42.4 Å². The molecule has 2 aliphatic rings. The van der Waals surface area contributed by atoms with Crippen LogP contribution in [0.2, 0.25) is 0 Å². The normalized spacial score (nSPS) is 21.2. The Kier molecular flexibility index (Phi) is 6.90. The first-order chi connectivity index (χ1) is 13.4. The fourth-order valence-corrected chi connectivity index (χ4v) is 5.80. The lowest BCUT2D eigenvalue weighted by Crippen LogP contribution is -2.49. The smallest absolute Gasteiger partial charge is 0.269 e. The van der Waals surface area contributed by atoms with E-state index in [9.17, 15) is 13.2 Å². The molecule has 9 heteroatoms. The third-order valence-corrected chi connectivity index (χ3v) is 7.65. The number of benzene rings is 1. The Bertz CT molecular complexity index is 822. The van der Waals surface area contributed by atoms with Gasteiger partial charge in [0, 0.05) is 24.2 Å². The standard InChI is InChI=1S/C19H28N4O3S2/c1-14-7-4-5-12-23(14)28(25,26)17-11-6-8-15(13-17)18(24)21-22-19(27)20-16-9-2-3-10-16/h6,8,11,13-14,16H,2-5,7,9-10,12H2,1H3,(H,21,24)(H2,20,22,27)/t14-/m1/s1. The van der Waals surface area contributed by atoms with Crippen molar-refractivity contribution in [3.05, 3.63) is 29.8 Å². The topological polar surface area (TPSA) is 90.5 Å². The molecule has 1 amide bonds. The average Bonchev–Trinajstić information content (AvgIpc) is 3.19. The van der Waals surface area contributed by atoms with Gasteiger partial charge in [-0.2, -0.15) is 4.31 Å². The first kappa shape index (κ1) is 21.0. The number of hydrogen-bond acceptors (Lipinski definition) is 4. The molecule has 0 unspecified atom stereocenters. The Morgan fingerprint density at radius 1 is 1.11 bits per heavy atom. The van der Waals surface area contributed by atoms with Gasteiger partial charge in [0.25, 0.3) is 5.91 Å². The molecule has 1 aromatic carbocycles. The Balaban J connectivity index is 1.63. The van der Waals surface area contributed by atoms with Crippen molar-refractivity contribution in [1.82, 2.24) is 20.5 Å². The summed E-state index contributed by atoms with van der Waals surface area (Å²) >= 11 is 5.20. The van der Waals surface area contributed by atoms with Crippen LogP contribution >= 0.6 is 12.2 Å². The molecule has 3 rings (SSSR count). The van der Waals surface area contributed by atoms with Gasteiger partial charge in [-0.15, -0.1) is 0 Å². The van der Waals surface area contributed by atoms with E-state index in [1.807, 2.05) is 6.92 Å². The van der Waals surface area contributed by atoms with Crippen LogP contribution in [0.15, 0.2) is 29.2 Å². The van der Waals surface area contributed by atoms with Crippen molar-refractivity contribution in [3.8, 4) is 0 Å². The number of piperidine rings is 1. The summed E-state index contributed by atoms with van der Waals surface area (Å²) in [6.07, 6.45) is 7.27. The minimum atomic E-state index is -3.62. The van der Waals surface area contributed by atoms with Gasteiger partial charge < -0.3 is 5.32 Å². The SMILES string of the molecule is C[C@@H]1CCCCN1S(=O)(=O)c1cccc(C(=O)NNC(=S)NC2CCCC2)c1. The average molecular weight is 425 g/mol. The van der Waals surface area contributed by atoms with Crippen LogP contribution in [0.25, 0.3) is 0 Å². The van der Waals surface area contributed by atoms with Gasteiger partial charge in [0.05, 0.1) is 4.90 Å². The van der Waals surface area contributed by atoms with E-state index < -0.39 is 15.9 Å². The number of sulfonamides is 1. The highest BCUT2D eigenvalue weighted by molar-refractivity contribution is 7.89. The van der Waals surface area contributed by atoms with E-state index in [-0.39, 0.29) is 16.5 Å². The fraction of sp³-hybridized carbons (Fsp3) is 0.579.